The summed E-state index contributed by atoms with van der Waals surface area (Å²) in [5, 5.41) is 14.5. The van der Waals surface area contributed by atoms with E-state index in [4.69, 9.17) is 33.7 Å². The third-order valence-corrected chi connectivity index (χ3v) is 6.06. The maximum absolute atomic E-state index is 14.0. The number of hydrogen-bond acceptors (Lipinski definition) is 6. The van der Waals surface area contributed by atoms with Crippen LogP contribution in [0.25, 0.3) is 0 Å². The van der Waals surface area contributed by atoms with E-state index in [1.165, 1.54) is 18.3 Å². The molecule has 1 saturated heterocycles. The number of rotatable bonds is 4. The second kappa shape index (κ2) is 8.19. The highest BCUT2D eigenvalue weighted by Gasteiger charge is 2.41. The van der Waals surface area contributed by atoms with Gasteiger partial charge in [0, 0.05) is 31.3 Å². The first-order valence-corrected chi connectivity index (χ1v) is 10.3. The molecule has 0 bridgehead atoms. The van der Waals surface area contributed by atoms with Crippen molar-refractivity contribution in [3.8, 4) is 5.75 Å². The van der Waals surface area contributed by atoms with Crippen LogP contribution < -0.4 is 20.7 Å². The first-order valence-electron chi connectivity index (χ1n) is 9.55. The minimum Gasteiger partial charge on any atom is -0.490 e. The van der Waals surface area contributed by atoms with Gasteiger partial charge in [0.15, 0.2) is 0 Å². The van der Waals surface area contributed by atoms with Gasteiger partial charge >= 0.3 is 0 Å². The third-order valence-electron chi connectivity index (χ3n) is 5.57. The lowest BCUT2D eigenvalue weighted by Crippen LogP contribution is -2.62. The summed E-state index contributed by atoms with van der Waals surface area (Å²) in [6.45, 7) is 0.737. The Morgan fingerprint density at radius 1 is 1.40 bits per heavy atom. The molecule has 1 aromatic carbocycles. The van der Waals surface area contributed by atoms with Crippen molar-refractivity contribution >= 4 is 40.6 Å². The van der Waals surface area contributed by atoms with Crippen molar-refractivity contribution in [1.29, 1.82) is 0 Å². The zero-order chi connectivity index (χ0) is 21.5. The number of anilines is 2. The number of carbonyl (C=O) groups is 1. The number of aromatic nitrogens is 1. The zero-order valence-corrected chi connectivity index (χ0v) is 17.5. The highest BCUT2D eigenvalue weighted by molar-refractivity contribution is 6.36. The number of carbonyl (C=O) groups excluding carboxylic acids is 1. The van der Waals surface area contributed by atoms with E-state index < -0.39 is 17.5 Å². The Labute approximate surface area is 182 Å². The molecule has 2 atom stereocenters. The van der Waals surface area contributed by atoms with Crippen molar-refractivity contribution in [3.05, 3.63) is 45.8 Å². The maximum Gasteiger partial charge on any atom is 0.224 e. The highest BCUT2D eigenvalue weighted by Crippen LogP contribution is 2.35. The van der Waals surface area contributed by atoms with Gasteiger partial charge in [0.05, 0.1) is 21.8 Å². The Balaban J connectivity index is 1.46. The quantitative estimate of drug-likeness (QED) is 0.656. The SMILES string of the molecule is N[C@H]1CN(c2ncc(Cl)cc2Cl)CC[C@]1(O)COc1ccc(F)c2c1CCC(=O)N2. The Kier molecular flexibility index (Phi) is 5.76. The van der Waals surface area contributed by atoms with Crippen molar-refractivity contribution in [1.82, 2.24) is 4.98 Å². The summed E-state index contributed by atoms with van der Waals surface area (Å²) in [4.78, 5) is 17.7. The minimum absolute atomic E-state index is 0.0597. The number of piperidine rings is 1. The first kappa shape index (κ1) is 21.1. The summed E-state index contributed by atoms with van der Waals surface area (Å²) in [6.07, 6.45) is 2.46. The van der Waals surface area contributed by atoms with E-state index in [1.807, 2.05) is 4.90 Å². The summed E-state index contributed by atoms with van der Waals surface area (Å²) >= 11 is 12.1. The Hall–Kier alpha value is -2.13. The predicted octanol–water partition coefficient (Wildman–Crippen LogP) is 2.76. The van der Waals surface area contributed by atoms with E-state index in [2.05, 4.69) is 10.3 Å². The number of fused-ring (bicyclic) bond motifs is 1. The molecule has 7 nitrogen and oxygen atoms in total. The molecule has 4 N–H and O–H groups in total. The fourth-order valence-corrected chi connectivity index (χ4v) is 4.29. The molecule has 1 aromatic heterocycles. The van der Waals surface area contributed by atoms with Crippen LogP contribution in [0, 0.1) is 5.82 Å². The molecule has 3 heterocycles. The number of nitrogens with one attached hydrogen (secondary N) is 1. The van der Waals surface area contributed by atoms with Crippen molar-refractivity contribution in [3.63, 3.8) is 0 Å². The Morgan fingerprint density at radius 2 is 2.20 bits per heavy atom. The lowest BCUT2D eigenvalue weighted by molar-refractivity contribution is -0.116. The van der Waals surface area contributed by atoms with Gasteiger partial charge in [-0.25, -0.2) is 9.37 Å². The van der Waals surface area contributed by atoms with E-state index in [9.17, 15) is 14.3 Å². The molecular weight excluding hydrogens is 434 g/mol. The van der Waals surface area contributed by atoms with Gasteiger partial charge in [-0.3, -0.25) is 4.79 Å². The van der Waals surface area contributed by atoms with Gasteiger partial charge in [0.25, 0.3) is 0 Å². The number of hydrogen-bond donors (Lipinski definition) is 3. The normalized spacial score (nSPS) is 23.7. The average Bonchev–Trinajstić information content (AvgIpc) is 2.70. The number of nitrogens with two attached hydrogens (primary N) is 1. The lowest BCUT2D eigenvalue weighted by Gasteiger charge is -2.43. The zero-order valence-electron chi connectivity index (χ0n) is 16.0. The summed E-state index contributed by atoms with van der Waals surface area (Å²) in [5.41, 5.74) is 5.72. The summed E-state index contributed by atoms with van der Waals surface area (Å²) < 4.78 is 19.9. The molecule has 0 saturated carbocycles. The number of aliphatic hydroxyl groups is 1. The van der Waals surface area contributed by atoms with E-state index in [1.54, 1.807) is 6.07 Å². The fourth-order valence-electron chi connectivity index (χ4n) is 3.79. The van der Waals surface area contributed by atoms with E-state index >= 15 is 0 Å². The van der Waals surface area contributed by atoms with Crippen molar-refractivity contribution < 1.29 is 19.0 Å². The van der Waals surface area contributed by atoms with Crippen molar-refractivity contribution in [2.45, 2.75) is 30.9 Å². The molecule has 0 radical (unpaired) electrons. The number of ether oxygens (including phenoxy) is 1. The van der Waals surface area contributed by atoms with Crippen LogP contribution >= 0.6 is 23.2 Å². The monoisotopic (exact) mass is 454 g/mol. The molecule has 160 valence electrons. The minimum atomic E-state index is -1.28. The fraction of sp³-hybridized carbons (Fsp3) is 0.400. The first-order chi connectivity index (χ1) is 14.3. The van der Waals surface area contributed by atoms with Gasteiger partial charge in [0.1, 0.15) is 29.6 Å². The number of amides is 1. The van der Waals surface area contributed by atoms with Crippen molar-refractivity contribution in [2.75, 3.05) is 29.9 Å². The molecule has 0 aliphatic carbocycles. The molecule has 0 spiro atoms. The second-order valence-corrected chi connectivity index (χ2v) is 8.44. The van der Waals surface area contributed by atoms with Gasteiger partial charge in [-0.15, -0.1) is 0 Å². The average molecular weight is 455 g/mol. The Bertz CT molecular complexity index is 993. The van der Waals surface area contributed by atoms with Crippen LogP contribution in [0.1, 0.15) is 18.4 Å². The van der Waals surface area contributed by atoms with Gasteiger partial charge < -0.3 is 25.8 Å². The summed E-state index contributed by atoms with van der Waals surface area (Å²) in [5.74, 6) is 0.238. The van der Waals surface area contributed by atoms with E-state index in [0.29, 0.717) is 53.1 Å². The molecule has 1 amide bonds. The molecule has 2 aromatic rings. The van der Waals surface area contributed by atoms with Crippen LogP contribution in [0.3, 0.4) is 0 Å². The van der Waals surface area contributed by atoms with Gasteiger partial charge in [-0.2, -0.15) is 0 Å². The third kappa shape index (κ3) is 4.05. The molecule has 1 fully saturated rings. The second-order valence-electron chi connectivity index (χ2n) is 7.60. The predicted molar refractivity (Wildman–Crippen MR) is 113 cm³/mol. The lowest BCUT2D eigenvalue weighted by atomic mass is 9.87. The Morgan fingerprint density at radius 3 is 2.93 bits per heavy atom. The summed E-state index contributed by atoms with van der Waals surface area (Å²) in [7, 11) is 0. The molecule has 4 rings (SSSR count). The van der Waals surface area contributed by atoms with Crippen LogP contribution in [-0.4, -0.2) is 47.3 Å². The molecule has 0 unspecified atom stereocenters. The molecule has 30 heavy (non-hydrogen) atoms. The topological polar surface area (TPSA) is 101 Å². The number of nitrogens with zero attached hydrogens (tertiary/aromatic N) is 2. The van der Waals surface area contributed by atoms with Crippen LogP contribution in [0.5, 0.6) is 5.75 Å². The van der Waals surface area contributed by atoms with E-state index in [-0.39, 0.29) is 24.6 Å². The van der Waals surface area contributed by atoms with E-state index in [0.717, 1.165) is 0 Å². The van der Waals surface area contributed by atoms with Crippen LogP contribution in [0.2, 0.25) is 10.0 Å². The molecule has 2 aliphatic heterocycles. The standard InChI is InChI=1S/C20H21Cl2FN4O3/c21-11-7-13(22)19(25-8-11)27-6-5-20(29,16(24)9-27)10-30-15-3-2-14(23)18-12(15)1-4-17(28)26-18/h2-3,7-8,16,29H,1,4-6,9-10,24H2,(H,26,28)/t16-,20-/m0/s1. The molecule has 10 heteroatoms. The van der Waals surface area contributed by atoms with Crippen molar-refractivity contribution in [2.24, 2.45) is 5.73 Å². The van der Waals surface area contributed by atoms with Crippen LogP contribution in [0.15, 0.2) is 24.4 Å². The number of halogens is 3. The van der Waals surface area contributed by atoms with Crippen LogP contribution in [-0.2, 0) is 11.2 Å². The molecule has 2 aliphatic rings. The largest absolute Gasteiger partial charge is 0.490 e. The number of pyridine rings is 1. The highest BCUT2D eigenvalue weighted by atomic mass is 35.5. The smallest absolute Gasteiger partial charge is 0.224 e. The van der Waals surface area contributed by atoms with Gasteiger partial charge in [-0.1, -0.05) is 23.2 Å². The maximum atomic E-state index is 14.0. The number of benzene rings is 1. The van der Waals surface area contributed by atoms with Gasteiger partial charge in [-0.05, 0) is 31.0 Å². The summed E-state index contributed by atoms with van der Waals surface area (Å²) in [6, 6.07) is 3.72. The van der Waals surface area contributed by atoms with Gasteiger partial charge in [0.2, 0.25) is 5.91 Å². The molecular formula is C20H21Cl2FN4O3. The van der Waals surface area contributed by atoms with Crippen LogP contribution in [0.4, 0.5) is 15.9 Å².